The molecule has 0 aromatic heterocycles. The number of sulfonamides is 1. The van der Waals surface area contributed by atoms with E-state index in [1.165, 1.54) is 0 Å². The minimum atomic E-state index is -3.56. The van der Waals surface area contributed by atoms with E-state index in [0.717, 1.165) is 61.5 Å². The quantitative estimate of drug-likeness (QED) is 0.513. The van der Waals surface area contributed by atoms with Crippen LogP contribution < -0.4 is 0 Å². The highest BCUT2D eigenvalue weighted by Gasteiger charge is 2.51. The molecule has 4 nitrogen and oxygen atoms in total. The summed E-state index contributed by atoms with van der Waals surface area (Å²) in [6.07, 6.45) is 6.93. The number of benzene rings is 1. The number of nitrogens with zero attached hydrogens (tertiary/aromatic N) is 1. The average Bonchev–Trinajstić information content (AvgIpc) is 2.69. The van der Waals surface area contributed by atoms with E-state index in [1.807, 2.05) is 19.1 Å². The summed E-state index contributed by atoms with van der Waals surface area (Å²) in [6.45, 7) is 9.24. The molecule has 156 valence electrons. The molecule has 6 heteroatoms. The van der Waals surface area contributed by atoms with Crippen molar-refractivity contribution in [2.24, 2.45) is 0 Å². The first-order valence-electron chi connectivity index (χ1n) is 10.8. The van der Waals surface area contributed by atoms with Gasteiger partial charge in [-0.3, -0.25) is 4.31 Å². The predicted octanol–water partition coefficient (Wildman–Crippen LogP) is 5.61. The van der Waals surface area contributed by atoms with E-state index in [9.17, 15) is 8.42 Å². The summed E-state index contributed by atoms with van der Waals surface area (Å²) in [6, 6.07) is 10.5. The molecule has 0 amide bonds. The van der Waals surface area contributed by atoms with Crippen LogP contribution in [0.25, 0.3) is 0 Å². The van der Waals surface area contributed by atoms with Crippen LogP contribution in [0.15, 0.2) is 40.9 Å². The molecule has 0 atom stereocenters. The molecule has 1 aliphatic heterocycles. The van der Waals surface area contributed by atoms with Crippen molar-refractivity contribution >= 4 is 18.3 Å². The molecular weight excluding hydrogens is 386 g/mol. The molecule has 1 aliphatic carbocycles. The zero-order valence-electron chi connectivity index (χ0n) is 17.8. The standard InChI is InChI=1S/C22H35NO3SSi/c1-5-28(6-2,7-3)26-22(16-10-17-22)21-11-8-9-18-23(21)27(24,25)20-14-12-19(4)13-15-20/h11-15H,5-10,16-18H2,1-4H3. The second-order valence-corrected chi connectivity index (χ2v) is 14.9. The van der Waals surface area contributed by atoms with Gasteiger partial charge in [0.2, 0.25) is 0 Å². The summed E-state index contributed by atoms with van der Waals surface area (Å²) in [4.78, 5) is 0.380. The molecule has 0 radical (unpaired) electrons. The number of hydrogen-bond donors (Lipinski definition) is 0. The van der Waals surface area contributed by atoms with Crippen LogP contribution in [0.1, 0.15) is 58.4 Å². The van der Waals surface area contributed by atoms with Gasteiger partial charge in [0.1, 0.15) is 0 Å². The smallest absolute Gasteiger partial charge is 0.264 e. The molecule has 1 aromatic carbocycles. The Morgan fingerprint density at radius 2 is 1.64 bits per heavy atom. The second-order valence-electron chi connectivity index (χ2n) is 8.32. The Kier molecular flexibility index (Phi) is 6.42. The Morgan fingerprint density at radius 3 is 2.14 bits per heavy atom. The Bertz CT molecular complexity index is 800. The van der Waals surface area contributed by atoms with Gasteiger partial charge < -0.3 is 4.43 Å². The lowest BCUT2D eigenvalue weighted by Gasteiger charge is -2.52. The number of hydrogen-bond acceptors (Lipinski definition) is 3. The molecule has 0 saturated heterocycles. The van der Waals surface area contributed by atoms with Gasteiger partial charge in [-0.25, -0.2) is 8.42 Å². The predicted molar refractivity (Wildman–Crippen MR) is 117 cm³/mol. The lowest BCUT2D eigenvalue weighted by Crippen LogP contribution is -2.56. The van der Waals surface area contributed by atoms with Crippen LogP contribution in [0.4, 0.5) is 0 Å². The van der Waals surface area contributed by atoms with E-state index in [1.54, 1.807) is 16.4 Å². The average molecular weight is 422 g/mol. The molecule has 1 fully saturated rings. The third kappa shape index (κ3) is 3.83. The maximum absolute atomic E-state index is 13.5. The van der Waals surface area contributed by atoms with Gasteiger partial charge in [-0.15, -0.1) is 0 Å². The van der Waals surface area contributed by atoms with Crippen molar-refractivity contribution in [3.05, 3.63) is 41.6 Å². The van der Waals surface area contributed by atoms with Gasteiger partial charge in [0.25, 0.3) is 10.0 Å². The van der Waals surface area contributed by atoms with E-state index >= 15 is 0 Å². The van der Waals surface area contributed by atoms with Crippen LogP contribution in [0, 0.1) is 6.92 Å². The molecule has 0 spiro atoms. The van der Waals surface area contributed by atoms with Crippen molar-refractivity contribution in [1.29, 1.82) is 0 Å². The number of rotatable bonds is 8. The van der Waals surface area contributed by atoms with Gasteiger partial charge in [-0.1, -0.05) is 44.5 Å². The molecule has 0 unspecified atom stereocenters. The zero-order chi connectivity index (χ0) is 20.4. The minimum absolute atomic E-state index is 0.380. The third-order valence-corrected chi connectivity index (χ3v) is 13.3. The van der Waals surface area contributed by atoms with E-state index in [0.29, 0.717) is 11.4 Å². The fourth-order valence-electron chi connectivity index (χ4n) is 4.49. The second kappa shape index (κ2) is 8.32. The summed E-state index contributed by atoms with van der Waals surface area (Å²) in [5, 5.41) is 0. The van der Waals surface area contributed by atoms with Crippen LogP contribution in [0.3, 0.4) is 0 Å². The van der Waals surface area contributed by atoms with Gasteiger partial charge in [0, 0.05) is 6.54 Å². The summed E-state index contributed by atoms with van der Waals surface area (Å²) < 4.78 is 35.7. The first-order chi connectivity index (χ1) is 13.3. The number of aryl methyl sites for hydroxylation is 1. The normalized spacial score (nSPS) is 19.9. The van der Waals surface area contributed by atoms with Gasteiger partial charge in [0.15, 0.2) is 8.32 Å². The van der Waals surface area contributed by atoms with E-state index in [4.69, 9.17) is 4.43 Å². The summed E-state index contributed by atoms with van der Waals surface area (Å²) in [5.74, 6) is 0. The first kappa shape index (κ1) is 21.6. The van der Waals surface area contributed by atoms with Gasteiger partial charge >= 0.3 is 0 Å². The Balaban J connectivity index is 1.98. The number of allylic oxidation sites excluding steroid dienone is 1. The largest absolute Gasteiger partial charge is 0.406 e. The highest BCUT2D eigenvalue weighted by atomic mass is 32.2. The van der Waals surface area contributed by atoms with Crippen molar-refractivity contribution in [3.8, 4) is 0 Å². The molecular formula is C22H35NO3SSi. The minimum Gasteiger partial charge on any atom is -0.406 e. The highest BCUT2D eigenvalue weighted by Crippen LogP contribution is 2.48. The Morgan fingerprint density at radius 1 is 1.04 bits per heavy atom. The molecule has 1 heterocycles. The summed E-state index contributed by atoms with van der Waals surface area (Å²) in [5.41, 5.74) is 1.58. The van der Waals surface area contributed by atoms with Crippen LogP contribution in [-0.2, 0) is 14.4 Å². The lowest BCUT2D eigenvalue weighted by molar-refractivity contribution is -0.000312. The van der Waals surface area contributed by atoms with Gasteiger partial charge in [-0.2, -0.15) is 0 Å². The maximum atomic E-state index is 13.5. The highest BCUT2D eigenvalue weighted by molar-refractivity contribution is 7.89. The lowest BCUT2D eigenvalue weighted by atomic mass is 9.76. The van der Waals surface area contributed by atoms with Crippen LogP contribution >= 0.6 is 0 Å². The van der Waals surface area contributed by atoms with E-state index < -0.39 is 23.9 Å². The molecule has 3 rings (SSSR count). The zero-order valence-corrected chi connectivity index (χ0v) is 19.6. The van der Waals surface area contributed by atoms with Crippen molar-refractivity contribution < 1.29 is 12.8 Å². The molecule has 0 N–H and O–H groups in total. The van der Waals surface area contributed by atoms with Gasteiger partial charge in [0.05, 0.1) is 16.2 Å². The molecule has 28 heavy (non-hydrogen) atoms. The van der Waals surface area contributed by atoms with Crippen molar-refractivity contribution in [1.82, 2.24) is 4.31 Å². The monoisotopic (exact) mass is 421 g/mol. The van der Waals surface area contributed by atoms with Crippen LogP contribution in [-0.4, -0.2) is 33.2 Å². The van der Waals surface area contributed by atoms with Crippen molar-refractivity contribution in [2.75, 3.05) is 6.54 Å². The first-order valence-corrected chi connectivity index (χ1v) is 14.8. The summed E-state index contributed by atoms with van der Waals surface area (Å²) in [7, 11) is -5.41. The molecule has 2 aliphatic rings. The van der Waals surface area contributed by atoms with Crippen LogP contribution in [0.5, 0.6) is 0 Å². The molecule has 0 bridgehead atoms. The van der Waals surface area contributed by atoms with Crippen molar-refractivity contribution in [2.45, 2.75) is 88.4 Å². The van der Waals surface area contributed by atoms with Gasteiger partial charge in [-0.05, 0) is 69.3 Å². The Hall–Kier alpha value is -1.11. The third-order valence-electron chi connectivity index (χ3n) is 6.75. The van der Waals surface area contributed by atoms with Crippen LogP contribution in [0.2, 0.25) is 18.1 Å². The SMILES string of the molecule is CC[Si](CC)(CC)OC1(C2=CCCCN2S(=O)(=O)c2ccc(C)cc2)CCC1. The molecule has 1 saturated carbocycles. The topological polar surface area (TPSA) is 46.6 Å². The fourth-order valence-corrected chi connectivity index (χ4v) is 9.16. The fraction of sp³-hybridized carbons (Fsp3) is 0.636. The van der Waals surface area contributed by atoms with E-state index in [-0.39, 0.29) is 0 Å². The van der Waals surface area contributed by atoms with E-state index in [2.05, 4.69) is 26.8 Å². The summed E-state index contributed by atoms with van der Waals surface area (Å²) >= 11 is 0. The Labute approximate surface area is 172 Å². The van der Waals surface area contributed by atoms with Crippen molar-refractivity contribution in [3.63, 3.8) is 0 Å². The molecule has 1 aromatic rings. The maximum Gasteiger partial charge on any atom is 0.264 e.